The van der Waals surface area contributed by atoms with Crippen molar-refractivity contribution in [1.29, 1.82) is 0 Å². The molecule has 1 unspecified atom stereocenters. The molecule has 1 aromatic carbocycles. The predicted molar refractivity (Wildman–Crippen MR) is 104 cm³/mol. The number of rotatable bonds is 5. The van der Waals surface area contributed by atoms with Gasteiger partial charge in [0.2, 0.25) is 0 Å². The van der Waals surface area contributed by atoms with Crippen molar-refractivity contribution in [2.45, 2.75) is 39.3 Å². The van der Waals surface area contributed by atoms with E-state index in [9.17, 15) is 4.79 Å². The van der Waals surface area contributed by atoms with E-state index >= 15 is 0 Å². The summed E-state index contributed by atoms with van der Waals surface area (Å²) in [6, 6.07) is 9.87. The van der Waals surface area contributed by atoms with Crippen molar-refractivity contribution in [2.75, 3.05) is 13.2 Å². The Labute approximate surface area is 158 Å². The van der Waals surface area contributed by atoms with Gasteiger partial charge in [0.1, 0.15) is 5.58 Å². The van der Waals surface area contributed by atoms with E-state index in [0.29, 0.717) is 18.8 Å². The van der Waals surface area contributed by atoms with E-state index in [1.54, 1.807) is 12.4 Å². The summed E-state index contributed by atoms with van der Waals surface area (Å²) in [6.45, 7) is 5.76. The summed E-state index contributed by atoms with van der Waals surface area (Å²) in [7, 11) is 0. The van der Waals surface area contributed by atoms with Crippen LogP contribution in [-0.4, -0.2) is 35.0 Å². The van der Waals surface area contributed by atoms with Crippen LogP contribution in [0.15, 0.2) is 47.1 Å². The standard InChI is InChI=1S/C22H24N2O3/c1-15-6-3-9-19-16(2)21(27-20(15)19)22(25)24(14-18-8-5-11-26-18)13-17-7-4-10-23-12-17/h3-4,6-7,9-10,12,18H,5,8,11,13-14H2,1-2H3. The average Bonchev–Trinajstić information content (AvgIpc) is 3.31. The van der Waals surface area contributed by atoms with Gasteiger partial charge in [0, 0.05) is 43.0 Å². The van der Waals surface area contributed by atoms with Gasteiger partial charge in [0.05, 0.1) is 6.10 Å². The van der Waals surface area contributed by atoms with E-state index in [-0.39, 0.29) is 12.0 Å². The van der Waals surface area contributed by atoms with Crippen LogP contribution in [0, 0.1) is 13.8 Å². The monoisotopic (exact) mass is 364 g/mol. The van der Waals surface area contributed by atoms with Gasteiger partial charge in [-0.2, -0.15) is 0 Å². The molecule has 0 saturated carbocycles. The normalized spacial score (nSPS) is 16.7. The molecule has 1 fully saturated rings. The first-order valence-electron chi connectivity index (χ1n) is 9.42. The molecule has 0 aliphatic carbocycles. The Hall–Kier alpha value is -2.66. The number of carbonyl (C=O) groups is 1. The van der Waals surface area contributed by atoms with Gasteiger partial charge in [-0.3, -0.25) is 9.78 Å². The van der Waals surface area contributed by atoms with Gasteiger partial charge in [-0.25, -0.2) is 0 Å². The third-order valence-electron chi connectivity index (χ3n) is 5.19. The van der Waals surface area contributed by atoms with Crippen molar-refractivity contribution in [3.05, 3.63) is 65.2 Å². The zero-order chi connectivity index (χ0) is 18.8. The second-order valence-electron chi connectivity index (χ2n) is 7.19. The van der Waals surface area contributed by atoms with E-state index in [4.69, 9.17) is 9.15 Å². The minimum atomic E-state index is -0.0950. The van der Waals surface area contributed by atoms with E-state index in [1.165, 1.54) is 0 Å². The molecular weight excluding hydrogens is 340 g/mol. The van der Waals surface area contributed by atoms with Crippen LogP contribution >= 0.6 is 0 Å². The highest BCUT2D eigenvalue weighted by molar-refractivity contribution is 5.99. The second kappa shape index (κ2) is 7.53. The minimum Gasteiger partial charge on any atom is -0.450 e. The number of aromatic nitrogens is 1. The third kappa shape index (κ3) is 3.60. The lowest BCUT2D eigenvalue weighted by atomic mass is 10.1. The van der Waals surface area contributed by atoms with Crippen LogP contribution in [0.3, 0.4) is 0 Å². The van der Waals surface area contributed by atoms with Crippen molar-refractivity contribution in [2.24, 2.45) is 0 Å². The number of benzene rings is 1. The molecule has 4 rings (SSSR count). The highest BCUT2D eigenvalue weighted by atomic mass is 16.5. The molecule has 1 aliphatic heterocycles. The maximum Gasteiger partial charge on any atom is 0.290 e. The fourth-order valence-electron chi connectivity index (χ4n) is 3.70. The molecule has 0 spiro atoms. The molecule has 1 amide bonds. The van der Waals surface area contributed by atoms with E-state index in [1.807, 2.05) is 49.1 Å². The number of nitrogens with zero attached hydrogens (tertiary/aromatic N) is 2. The van der Waals surface area contributed by atoms with E-state index in [0.717, 1.165) is 47.1 Å². The fourth-order valence-corrected chi connectivity index (χ4v) is 3.70. The summed E-state index contributed by atoms with van der Waals surface area (Å²) in [4.78, 5) is 19.4. The first-order valence-corrected chi connectivity index (χ1v) is 9.42. The lowest BCUT2D eigenvalue weighted by Gasteiger charge is -2.25. The first kappa shape index (κ1) is 17.7. The zero-order valence-electron chi connectivity index (χ0n) is 15.8. The predicted octanol–water partition coefficient (Wildman–Crippen LogP) is 4.27. The number of carbonyl (C=O) groups excluding carboxylic acids is 1. The molecule has 1 atom stereocenters. The molecule has 1 saturated heterocycles. The molecular formula is C22H24N2O3. The van der Waals surface area contributed by atoms with Crippen molar-refractivity contribution in [1.82, 2.24) is 9.88 Å². The molecule has 140 valence electrons. The Morgan fingerprint density at radius 3 is 2.85 bits per heavy atom. The zero-order valence-corrected chi connectivity index (χ0v) is 15.8. The maximum atomic E-state index is 13.4. The molecule has 2 aromatic heterocycles. The molecule has 3 heterocycles. The van der Waals surface area contributed by atoms with Crippen molar-refractivity contribution in [3.8, 4) is 0 Å². The van der Waals surface area contributed by atoms with Crippen LogP contribution in [0.4, 0.5) is 0 Å². The van der Waals surface area contributed by atoms with Crippen LogP contribution in [0.25, 0.3) is 11.0 Å². The lowest BCUT2D eigenvalue weighted by molar-refractivity contribution is 0.0484. The van der Waals surface area contributed by atoms with Crippen molar-refractivity contribution < 1.29 is 13.9 Å². The average molecular weight is 364 g/mol. The number of para-hydroxylation sites is 1. The Morgan fingerprint density at radius 1 is 1.26 bits per heavy atom. The quantitative estimate of drug-likeness (QED) is 0.678. The largest absolute Gasteiger partial charge is 0.450 e. The number of amides is 1. The Bertz CT molecular complexity index is 943. The molecule has 1 aliphatic rings. The summed E-state index contributed by atoms with van der Waals surface area (Å²) in [6.07, 6.45) is 5.64. The molecule has 0 radical (unpaired) electrons. The lowest BCUT2D eigenvalue weighted by Crippen LogP contribution is -2.37. The maximum absolute atomic E-state index is 13.4. The van der Waals surface area contributed by atoms with E-state index in [2.05, 4.69) is 4.98 Å². The molecule has 5 heteroatoms. The Kier molecular flexibility index (Phi) is 4.94. The molecule has 3 aromatic rings. The Balaban J connectivity index is 1.67. The third-order valence-corrected chi connectivity index (χ3v) is 5.19. The van der Waals surface area contributed by atoms with E-state index < -0.39 is 0 Å². The van der Waals surface area contributed by atoms with Gasteiger partial charge < -0.3 is 14.1 Å². The number of hydrogen-bond donors (Lipinski definition) is 0. The van der Waals surface area contributed by atoms with Crippen LogP contribution in [-0.2, 0) is 11.3 Å². The smallest absolute Gasteiger partial charge is 0.290 e. The molecule has 0 N–H and O–H groups in total. The summed E-state index contributed by atoms with van der Waals surface area (Å²) >= 11 is 0. The van der Waals surface area contributed by atoms with Crippen LogP contribution in [0.2, 0.25) is 0 Å². The SMILES string of the molecule is Cc1c(C(=O)N(Cc2cccnc2)CC2CCCO2)oc2c(C)cccc12. The van der Waals surface area contributed by atoms with Crippen molar-refractivity contribution >= 4 is 16.9 Å². The number of ether oxygens (including phenoxy) is 1. The van der Waals surface area contributed by atoms with Gasteiger partial charge in [0.25, 0.3) is 5.91 Å². The van der Waals surface area contributed by atoms with Gasteiger partial charge in [0.15, 0.2) is 5.76 Å². The summed E-state index contributed by atoms with van der Waals surface area (Å²) in [5.74, 6) is 0.323. The number of fused-ring (bicyclic) bond motifs is 1. The van der Waals surface area contributed by atoms with Crippen LogP contribution in [0.1, 0.15) is 40.1 Å². The number of aryl methyl sites for hydroxylation is 2. The topological polar surface area (TPSA) is 55.6 Å². The first-order chi connectivity index (χ1) is 13.1. The summed E-state index contributed by atoms with van der Waals surface area (Å²) < 4.78 is 11.8. The molecule has 5 nitrogen and oxygen atoms in total. The molecule has 0 bridgehead atoms. The summed E-state index contributed by atoms with van der Waals surface area (Å²) in [5, 5.41) is 0.997. The summed E-state index contributed by atoms with van der Waals surface area (Å²) in [5.41, 5.74) is 3.71. The number of furan rings is 1. The number of hydrogen-bond acceptors (Lipinski definition) is 4. The van der Waals surface area contributed by atoms with Gasteiger partial charge in [-0.15, -0.1) is 0 Å². The number of pyridine rings is 1. The minimum absolute atomic E-state index is 0.0806. The fraction of sp³-hybridized carbons (Fsp3) is 0.364. The highest BCUT2D eigenvalue weighted by Gasteiger charge is 2.27. The van der Waals surface area contributed by atoms with Gasteiger partial charge in [-0.1, -0.05) is 24.3 Å². The van der Waals surface area contributed by atoms with Crippen LogP contribution < -0.4 is 0 Å². The highest BCUT2D eigenvalue weighted by Crippen LogP contribution is 2.29. The van der Waals surface area contributed by atoms with Crippen LogP contribution in [0.5, 0.6) is 0 Å². The van der Waals surface area contributed by atoms with Gasteiger partial charge in [-0.05, 0) is 43.9 Å². The van der Waals surface area contributed by atoms with Crippen molar-refractivity contribution in [3.63, 3.8) is 0 Å². The van der Waals surface area contributed by atoms with Gasteiger partial charge >= 0.3 is 0 Å². The Morgan fingerprint density at radius 2 is 2.15 bits per heavy atom. The molecule has 27 heavy (non-hydrogen) atoms. The second-order valence-corrected chi connectivity index (χ2v) is 7.19.